The van der Waals surface area contributed by atoms with E-state index in [0.29, 0.717) is 17.7 Å². The Balaban J connectivity index is 2.49. The van der Waals surface area contributed by atoms with Crippen molar-refractivity contribution in [1.29, 1.82) is 5.26 Å². The molecular weight excluding hydrogens is 423 g/mol. The molecule has 0 aliphatic rings. The monoisotopic (exact) mass is 437 g/mol. The number of nitro groups is 1. The number of benzene rings is 2. The molecule has 30 heavy (non-hydrogen) atoms. The lowest BCUT2D eigenvalue weighted by Gasteiger charge is -2.13. The number of ether oxygens (including phenoxy) is 2. The Hall–Kier alpha value is -3.65. The average Bonchev–Trinajstić information content (AvgIpc) is 2.67. The van der Waals surface area contributed by atoms with Crippen molar-refractivity contribution in [2.45, 2.75) is 13.1 Å². The van der Waals surface area contributed by atoms with E-state index in [9.17, 15) is 23.3 Å². The second-order valence-corrected chi connectivity index (χ2v) is 6.15. The number of thiocarbonyl (C=S) groups is 1. The summed E-state index contributed by atoms with van der Waals surface area (Å²) in [4.78, 5) is 10.2. The van der Waals surface area contributed by atoms with E-state index in [1.54, 1.807) is 6.92 Å². The third kappa shape index (κ3) is 5.45. The second kappa shape index (κ2) is 9.23. The smallest absolute Gasteiger partial charge is 0.416 e. The first-order chi connectivity index (χ1) is 14.1. The van der Waals surface area contributed by atoms with Gasteiger partial charge in [-0.25, -0.2) is 0 Å². The van der Waals surface area contributed by atoms with E-state index in [-0.39, 0.29) is 28.7 Å². The van der Waals surface area contributed by atoms with Crippen molar-refractivity contribution in [2.75, 3.05) is 6.61 Å². The van der Waals surface area contributed by atoms with Gasteiger partial charge in [-0.05, 0) is 42.8 Å². The minimum atomic E-state index is -4.74. The Labute approximate surface area is 174 Å². The molecule has 0 radical (unpaired) electrons. The fraction of sp³-hybridized carbons (Fsp3) is 0.158. The van der Waals surface area contributed by atoms with E-state index in [4.69, 9.17) is 32.7 Å². The van der Waals surface area contributed by atoms with Crippen LogP contribution in [-0.2, 0) is 6.18 Å². The van der Waals surface area contributed by atoms with Crippen molar-refractivity contribution in [3.05, 3.63) is 63.2 Å². The largest absolute Gasteiger partial charge is 0.490 e. The van der Waals surface area contributed by atoms with E-state index in [1.165, 1.54) is 24.3 Å². The Morgan fingerprint density at radius 3 is 2.47 bits per heavy atom. The molecule has 7 nitrogen and oxygen atoms in total. The van der Waals surface area contributed by atoms with Crippen molar-refractivity contribution in [1.82, 2.24) is 0 Å². The summed E-state index contributed by atoms with van der Waals surface area (Å²) in [5, 5.41) is 20.3. The summed E-state index contributed by atoms with van der Waals surface area (Å²) in [7, 11) is 0. The van der Waals surface area contributed by atoms with Crippen molar-refractivity contribution in [3.8, 4) is 23.3 Å². The molecule has 2 aromatic carbocycles. The Morgan fingerprint density at radius 1 is 1.27 bits per heavy atom. The van der Waals surface area contributed by atoms with Crippen molar-refractivity contribution >= 4 is 29.0 Å². The summed E-state index contributed by atoms with van der Waals surface area (Å²) in [5.41, 5.74) is 3.97. The van der Waals surface area contributed by atoms with E-state index >= 15 is 0 Å². The van der Waals surface area contributed by atoms with Gasteiger partial charge in [0.15, 0.2) is 11.5 Å². The van der Waals surface area contributed by atoms with Crippen LogP contribution in [0.3, 0.4) is 0 Å². The number of rotatable bonds is 7. The van der Waals surface area contributed by atoms with E-state index < -0.39 is 28.1 Å². The molecule has 0 aliphatic heterocycles. The average molecular weight is 437 g/mol. The maximum Gasteiger partial charge on any atom is 0.416 e. The maximum atomic E-state index is 12.9. The lowest BCUT2D eigenvalue weighted by molar-refractivity contribution is -0.385. The highest BCUT2D eigenvalue weighted by molar-refractivity contribution is 7.80. The lowest BCUT2D eigenvalue weighted by atomic mass is 10.1. The van der Waals surface area contributed by atoms with Crippen LogP contribution in [0.4, 0.5) is 18.9 Å². The van der Waals surface area contributed by atoms with Crippen LogP contribution in [0.2, 0.25) is 0 Å². The van der Waals surface area contributed by atoms with Gasteiger partial charge in [0.2, 0.25) is 5.75 Å². The number of nitro benzene ring substituents is 1. The van der Waals surface area contributed by atoms with Gasteiger partial charge in [0, 0.05) is 6.07 Å². The third-order valence-corrected chi connectivity index (χ3v) is 3.89. The van der Waals surface area contributed by atoms with Gasteiger partial charge in [0.05, 0.1) is 22.7 Å². The van der Waals surface area contributed by atoms with Gasteiger partial charge in [0.1, 0.15) is 11.1 Å². The Morgan fingerprint density at radius 2 is 1.93 bits per heavy atom. The molecule has 2 rings (SSSR count). The molecule has 0 aromatic heterocycles. The molecule has 0 fully saturated rings. The van der Waals surface area contributed by atoms with E-state index in [0.717, 1.165) is 6.07 Å². The minimum absolute atomic E-state index is 0.0330. The highest BCUT2D eigenvalue weighted by atomic mass is 32.1. The SMILES string of the molecule is CCOc1cc(C=C(C#N)C(N)=S)ccc1Oc1ccc(C(F)(F)F)cc1[N+](=O)[O-]. The topological polar surface area (TPSA) is 111 Å². The van der Waals surface area contributed by atoms with Crippen LogP contribution in [0.1, 0.15) is 18.1 Å². The van der Waals surface area contributed by atoms with Crippen LogP contribution in [0, 0.1) is 21.4 Å². The Bertz CT molecular complexity index is 1060. The number of alkyl halides is 3. The zero-order valence-corrected chi connectivity index (χ0v) is 16.2. The minimum Gasteiger partial charge on any atom is -0.490 e. The molecule has 2 aromatic rings. The van der Waals surface area contributed by atoms with Crippen LogP contribution in [0.25, 0.3) is 6.08 Å². The first-order valence-electron chi connectivity index (χ1n) is 8.28. The standard InChI is InChI=1S/C19H14F3N3O4S/c1-2-28-17-8-11(7-12(10-23)18(24)30)3-5-16(17)29-15-6-4-13(19(20,21)22)9-14(15)25(26)27/h3-9H,2H2,1H3,(H2,24,30). The van der Waals surface area contributed by atoms with E-state index in [2.05, 4.69) is 0 Å². The molecule has 0 spiro atoms. The summed E-state index contributed by atoms with van der Waals surface area (Å²) < 4.78 is 49.5. The summed E-state index contributed by atoms with van der Waals surface area (Å²) >= 11 is 4.77. The fourth-order valence-electron chi connectivity index (χ4n) is 2.33. The zero-order valence-electron chi connectivity index (χ0n) is 15.4. The van der Waals surface area contributed by atoms with Crippen molar-refractivity contribution in [2.24, 2.45) is 5.73 Å². The van der Waals surface area contributed by atoms with E-state index in [1.807, 2.05) is 6.07 Å². The summed E-state index contributed by atoms with van der Waals surface area (Å²) in [6, 6.07) is 8.17. The molecule has 2 N–H and O–H groups in total. The summed E-state index contributed by atoms with van der Waals surface area (Å²) in [6.45, 7) is 1.89. The van der Waals surface area contributed by atoms with Gasteiger partial charge in [-0.2, -0.15) is 18.4 Å². The highest BCUT2D eigenvalue weighted by Gasteiger charge is 2.33. The molecule has 0 bridgehead atoms. The van der Waals surface area contributed by atoms with Gasteiger partial charge in [-0.1, -0.05) is 18.3 Å². The molecule has 11 heteroatoms. The van der Waals surface area contributed by atoms with Gasteiger partial charge in [-0.3, -0.25) is 10.1 Å². The number of hydrogen-bond donors (Lipinski definition) is 1. The lowest BCUT2D eigenvalue weighted by Crippen LogP contribution is -2.09. The number of hydrogen-bond acceptors (Lipinski definition) is 6. The molecule has 0 aliphatic carbocycles. The fourth-order valence-corrected chi connectivity index (χ4v) is 2.44. The first kappa shape index (κ1) is 22.6. The van der Waals surface area contributed by atoms with Crippen molar-refractivity contribution < 1.29 is 27.6 Å². The van der Waals surface area contributed by atoms with Crippen molar-refractivity contribution in [3.63, 3.8) is 0 Å². The molecule has 0 amide bonds. The summed E-state index contributed by atoms with van der Waals surface area (Å²) in [6.07, 6.45) is -3.33. The van der Waals surface area contributed by atoms with Crippen LogP contribution in [0.5, 0.6) is 17.2 Å². The number of halogens is 3. The van der Waals surface area contributed by atoms with Gasteiger partial charge in [-0.15, -0.1) is 0 Å². The first-order valence-corrected chi connectivity index (χ1v) is 8.69. The van der Waals surface area contributed by atoms with Gasteiger partial charge in [0.25, 0.3) is 0 Å². The highest BCUT2D eigenvalue weighted by Crippen LogP contribution is 2.40. The predicted molar refractivity (Wildman–Crippen MR) is 106 cm³/mol. The van der Waals surface area contributed by atoms with Crippen LogP contribution >= 0.6 is 12.2 Å². The Kier molecular flexibility index (Phi) is 6.97. The molecular formula is C19H14F3N3O4S. The molecule has 0 atom stereocenters. The quantitative estimate of drug-likeness (QED) is 0.213. The van der Waals surface area contributed by atoms with Crippen LogP contribution in [0.15, 0.2) is 42.0 Å². The van der Waals surface area contributed by atoms with Crippen LogP contribution < -0.4 is 15.2 Å². The molecule has 0 heterocycles. The molecule has 0 saturated carbocycles. The maximum absolute atomic E-state index is 12.9. The molecule has 156 valence electrons. The molecule has 0 saturated heterocycles. The normalized spacial score (nSPS) is 11.5. The number of nitrogens with zero attached hydrogens (tertiary/aromatic N) is 2. The summed E-state index contributed by atoms with van der Waals surface area (Å²) in [5.74, 6) is -0.204. The second-order valence-electron chi connectivity index (χ2n) is 5.71. The van der Waals surface area contributed by atoms with Crippen LogP contribution in [-0.4, -0.2) is 16.5 Å². The van der Waals surface area contributed by atoms with Gasteiger partial charge < -0.3 is 15.2 Å². The zero-order chi connectivity index (χ0) is 22.5. The molecule has 0 unspecified atom stereocenters. The third-order valence-electron chi connectivity index (χ3n) is 3.67. The number of nitriles is 1. The van der Waals surface area contributed by atoms with Gasteiger partial charge >= 0.3 is 11.9 Å². The predicted octanol–water partition coefficient (Wildman–Crippen LogP) is 5.00. The number of nitrogens with two attached hydrogens (primary N) is 1.